The molecule has 1 heterocycles. The van der Waals surface area contributed by atoms with E-state index in [1.54, 1.807) is 49.4 Å². The maximum atomic E-state index is 13.1. The fourth-order valence-electron chi connectivity index (χ4n) is 3.65. The minimum atomic E-state index is -0.873. The molecular formula is C28H24ClN3O6. The molecule has 38 heavy (non-hydrogen) atoms. The number of anilines is 2. The van der Waals surface area contributed by atoms with Gasteiger partial charge in [-0.25, -0.2) is 9.69 Å². The smallest absolute Gasteiger partial charge is 0.335 e. The third-order valence-electron chi connectivity index (χ3n) is 5.44. The quantitative estimate of drug-likeness (QED) is 0.319. The first kappa shape index (κ1) is 26.4. The fraction of sp³-hybridized carbons (Fsp3) is 0.143. The van der Waals surface area contributed by atoms with E-state index in [4.69, 9.17) is 21.1 Å². The van der Waals surface area contributed by atoms with Crippen molar-refractivity contribution in [1.82, 2.24) is 5.32 Å². The number of nitrogens with zero attached hydrogens (tertiary/aromatic N) is 1. The Morgan fingerprint density at radius 2 is 1.76 bits per heavy atom. The molecule has 1 saturated heterocycles. The molecule has 0 spiro atoms. The van der Waals surface area contributed by atoms with Gasteiger partial charge in [0.1, 0.15) is 5.57 Å². The van der Waals surface area contributed by atoms with Crippen LogP contribution in [-0.4, -0.2) is 37.0 Å². The minimum absolute atomic E-state index is 0.223. The number of ether oxygens (including phenoxy) is 2. The maximum absolute atomic E-state index is 13.1. The van der Waals surface area contributed by atoms with E-state index in [1.807, 2.05) is 19.1 Å². The van der Waals surface area contributed by atoms with Crippen molar-refractivity contribution < 1.29 is 28.7 Å². The number of imide groups is 2. The molecule has 4 rings (SSSR count). The van der Waals surface area contributed by atoms with E-state index in [9.17, 15) is 19.2 Å². The second-order valence-corrected chi connectivity index (χ2v) is 8.72. The summed E-state index contributed by atoms with van der Waals surface area (Å²) in [6, 6.07) is 17.4. The van der Waals surface area contributed by atoms with Crippen molar-refractivity contribution in [2.24, 2.45) is 0 Å². The van der Waals surface area contributed by atoms with Crippen LogP contribution >= 0.6 is 11.6 Å². The van der Waals surface area contributed by atoms with E-state index in [0.717, 1.165) is 10.5 Å². The number of nitrogens with one attached hydrogen (secondary N) is 2. The number of hydrogen-bond acceptors (Lipinski definition) is 6. The molecule has 0 saturated carbocycles. The van der Waals surface area contributed by atoms with Crippen molar-refractivity contribution in [3.63, 3.8) is 0 Å². The van der Waals surface area contributed by atoms with Gasteiger partial charge in [-0.3, -0.25) is 19.7 Å². The lowest BCUT2D eigenvalue weighted by atomic mass is 10.1. The standard InChI is InChI=1S/C28H24ClN3O6/c1-3-37-24-14-18(9-12-23(24)38-16-25(33)30-20-10-7-17(2)8-11-20)13-22-26(34)31-28(36)32(27(22)35)21-6-4-5-19(29)15-21/h4-15H,3,16H2,1-2H3,(H,30,33)(H,31,34,36)/b22-13+. The summed E-state index contributed by atoms with van der Waals surface area (Å²) in [5.74, 6) is -1.35. The van der Waals surface area contributed by atoms with E-state index in [2.05, 4.69) is 10.6 Å². The molecule has 0 radical (unpaired) electrons. The number of benzene rings is 3. The highest BCUT2D eigenvalue weighted by Gasteiger charge is 2.36. The number of urea groups is 1. The van der Waals surface area contributed by atoms with E-state index < -0.39 is 17.8 Å². The monoisotopic (exact) mass is 533 g/mol. The molecule has 0 atom stereocenters. The molecule has 2 N–H and O–H groups in total. The Kier molecular flexibility index (Phi) is 8.08. The van der Waals surface area contributed by atoms with Crippen molar-refractivity contribution >= 4 is 52.8 Å². The van der Waals surface area contributed by atoms with Crippen LogP contribution in [0.5, 0.6) is 11.5 Å². The zero-order chi connectivity index (χ0) is 27.2. The number of aryl methyl sites for hydroxylation is 1. The molecule has 0 aliphatic carbocycles. The highest BCUT2D eigenvalue weighted by molar-refractivity contribution is 6.39. The van der Waals surface area contributed by atoms with E-state index in [0.29, 0.717) is 34.4 Å². The molecule has 1 aliphatic heterocycles. The SMILES string of the molecule is CCOc1cc(/C=C2\C(=O)NC(=O)N(c3cccc(Cl)c3)C2=O)ccc1OCC(=O)Nc1ccc(C)cc1. The Labute approximate surface area is 224 Å². The molecular weight excluding hydrogens is 510 g/mol. The Hall–Kier alpha value is -4.63. The van der Waals surface area contributed by atoms with Crippen LogP contribution in [-0.2, 0) is 14.4 Å². The third kappa shape index (κ3) is 6.19. The molecule has 1 fully saturated rings. The summed E-state index contributed by atoms with van der Waals surface area (Å²) in [5, 5.41) is 5.25. The molecule has 1 aliphatic rings. The van der Waals surface area contributed by atoms with Gasteiger partial charge in [-0.15, -0.1) is 0 Å². The second kappa shape index (κ2) is 11.6. The lowest BCUT2D eigenvalue weighted by molar-refractivity contribution is -0.122. The predicted molar refractivity (Wildman–Crippen MR) is 143 cm³/mol. The maximum Gasteiger partial charge on any atom is 0.335 e. The predicted octanol–water partition coefficient (Wildman–Crippen LogP) is 4.73. The van der Waals surface area contributed by atoms with Gasteiger partial charge >= 0.3 is 6.03 Å². The van der Waals surface area contributed by atoms with Gasteiger partial charge < -0.3 is 14.8 Å². The number of barbiturate groups is 1. The number of rotatable bonds is 8. The fourth-order valence-corrected chi connectivity index (χ4v) is 3.84. The van der Waals surface area contributed by atoms with Crippen LogP contribution in [0.3, 0.4) is 0 Å². The first-order chi connectivity index (χ1) is 18.2. The van der Waals surface area contributed by atoms with Gasteiger partial charge in [0.15, 0.2) is 18.1 Å². The summed E-state index contributed by atoms with van der Waals surface area (Å²) in [7, 11) is 0. The second-order valence-electron chi connectivity index (χ2n) is 8.28. The van der Waals surface area contributed by atoms with Crippen LogP contribution in [0.2, 0.25) is 5.02 Å². The molecule has 0 bridgehead atoms. The van der Waals surface area contributed by atoms with Crippen molar-refractivity contribution in [3.05, 3.63) is 88.5 Å². The molecule has 10 heteroatoms. The number of halogens is 1. The van der Waals surface area contributed by atoms with Gasteiger partial charge in [0, 0.05) is 10.7 Å². The van der Waals surface area contributed by atoms with Crippen LogP contribution in [0.25, 0.3) is 6.08 Å². The molecule has 194 valence electrons. The van der Waals surface area contributed by atoms with Crippen LogP contribution in [0.4, 0.5) is 16.2 Å². The number of amides is 5. The molecule has 0 aromatic heterocycles. The Morgan fingerprint density at radius 3 is 2.47 bits per heavy atom. The third-order valence-corrected chi connectivity index (χ3v) is 5.68. The molecule has 9 nitrogen and oxygen atoms in total. The summed E-state index contributed by atoms with van der Waals surface area (Å²) >= 11 is 6.01. The largest absolute Gasteiger partial charge is 0.490 e. The van der Waals surface area contributed by atoms with Gasteiger partial charge in [-0.05, 0) is 68.0 Å². The van der Waals surface area contributed by atoms with Crippen molar-refractivity contribution in [2.45, 2.75) is 13.8 Å². The zero-order valence-electron chi connectivity index (χ0n) is 20.6. The number of carbonyl (C=O) groups is 4. The molecule has 5 amide bonds. The minimum Gasteiger partial charge on any atom is -0.490 e. The van der Waals surface area contributed by atoms with E-state index in [1.165, 1.54) is 18.2 Å². The topological polar surface area (TPSA) is 114 Å². The van der Waals surface area contributed by atoms with Crippen LogP contribution in [0.1, 0.15) is 18.1 Å². The first-order valence-corrected chi connectivity index (χ1v) is 12.1. The average Bonchev–Trinajstić information content (AvgIpc) is 2.87. The summed E-state index contributed by atoms with van der Waals surface area (Å²) in [6.07, 6.45) is 1.35. The molecule has 3 aromatic carbocycles. The lowest BCUT2D eigenvalue weighted by Gasteiger charge is -2.26. The van der Waals surface area contributed by atoms with E-state index in [-0.39, 0.29) is 23.8 Å². The van der Waals surface area contributed by atoms with Crippen molar-refractivity contribution in [3.8, 4) is 11.5 Å². The average molecular weight is 534 g/mol. The summed E-state index contributed by atoms with van der Waals surface area (Å²) in [6.45, 7) is 3.79. The van der Waals surface area contributed by atoms with Crippen LogP contribution < -0.4 is 25.0 Å². The highest BCUT2D eigenvalue weighted by Crippen LogP contribution is 2.30. The normalized spacial score (nSPS) is 14.3. The first-order valence-electron chi connectivity index (χ1n) is 11.7. The van der Waals surface area contributed by atoms with Gasteiger partial charge in [0.05, 0.1) is 12.3 Å². The summed E-state index contributed by atoms with van der Waals surface area (Å²) in [4.78, 5) is 51.2. The number of hydrogen-bond donors (Lipinski definition) is 2. The van der Waals surface area contributed by atoms with Crippen LogP contribution in [0, 0.1) is 6.92 Å². The van der Waals surface area contributed by atoms with Gasteiger partial charge in [0.2, 0.25) is 0 Å². The molecule has 3 aromatic rings. The molecule has 0 unspecified atom stereocenters. The zero-order valence-corrected chi connectivity index (χ0v) is 21.4. The Balaban J connectivity index is 1.53. The summed E-state index contributed by atoms with van der Waals surface area (Å²) in [5.41, 5.74) is 2.15. The van der Waals surface area contributed by atoms with Gasteiger partial charge in [0.25, 0.3) is 17.7 Å². The van der Waals surface area contributed by atoms with Gasteiger partial charge in [-0.1, -0.05) is 41.4 Å². The number of carbonyl (C=O) groups excluding carboxylic acids is 4. The summed E-state index contributed by atoms with van der Waals surface area (Å²) < 4.78 is 11.3. The van der Waals surface area contributed by atoms with Crippen molar-refractivity contribution in [1.29, 1.82) is 0 Å². The Morgan fingerprint density at radius 1 is 1.00 bits per heavy atom. The van der Waals surface area contributed by atoms with Gasteiger partial charge in [-0.2, -0.15) is 0 Å². The van der Waals surface area contributed by atoms with Crippen LogP contribution in [0.15, 0.2) is 72.3 Å². The van der Waals surface area contributed by atoms with Crippen molar-refractivity contribution in [2.75, 3.05) is 23.4 Å². The highest BCUT2D eigenvalue weighted by atomic mass is 35.5. The Bertz CT molecular complexity index is 1430. The van der Waals surface area contributed by atoms with E-state index >= 15 is 0 Å². The lowest BCUT2D eigenvalue weighted by Crippen LogP contribution is -2.54.